The molecule has 170 valence electrons. The second kappa shape index (κ2) is 11.0. The summed E-state index contributed by atoms with van der Waals surface area (Å²) in [4.78, 5) is 37.0. The van der Waals surface area contributed by atoms with Crippen LogP contribution in [-0.2, 0) is 16.0 Å². The molecule has 0 fully saturated rings. The van der Waals surface area contributed by atoms with E-state index in [1.807, 2.05) is 12.1 Å². The lowest BCUT2D eigenvalue weighted by Crippen LogP contribution is -2.18. The van der Waals surface area contributed by atoms with Crippen molar-refractivity contribution in [2.24, 2.45) is 0 Å². The van der Waals surface area contributed by atoms with Crippen LogP contribution in [0.1, 0.15) is 32.7 Å². The zero-order valence-corrected chi connectivity index (χ0v) is 17.8. The zero-order chi connectivity index (χ0) is 23.8. The molecular formula is C25H21F2NO5. The van der Waals surface area contributed by atoms with Crippen molar-refractivity contribution in [1.29, 1.82) is 0 Å². The maximum absolute atomic E-state index is 13.3. The van der Waals surface area contributed by atoms with Gasteiger partial charge >= 0.3 is 5.97 Å². The van der Waals surface area contributed by atoms with Crippen LogP contribution >= 0.6 is 0 Å². The summed E-state index contributed by atoms with van der Waals surface area (Å²) in [6.45, 7) is -0.663. The quantitative estimate of drug-likeness (QED) is 0.379. The first-order valence-electron chi connectivity index (χ1n) is 10.0. The molecule has 1 N–H and O–H groups in total. The zero-order valence-electron chi connectivity index (χ0n) is 17.8. The van der Waals surface area contributed by atoms with Gasteiger partial charge < -0.3 is 14.8 Å². The topological polar surface area (TPSA) is 81.7 Å². The maximum Gasteiger partial charge on any atom is 0.340 e. The van der Waals surface area contributed by atoms with Crippen LogP contribution in [0.15, 0.2) is 66.7 Å². The smallest absolute Gasteiger partial charge is 0.340 e. The molecule has 3 aromatic rings. The number of hydrogen-bond donors (Lipinski definition) is 1. The van der Waals surface area contributed by atoms with E-state index in [1.165, 1.54) is 6.07 Å². The Hall–Kier alpha value is -4.07. The van der Waals surface area contributed by atoms with Crippen LogP contribution in [0.5, 0.6) is 5.75 Å². The van der Waals surface area contributed by atoms with Crippen molar-refractivity contribution < 1.29 is 32.6 Å². The van der Waals surface area contributed by atoms with Crippen molar-refractivity contribution in [3.63, 3.8) is 0 Å². The number of rotatable bonds is 9. The number of hydrogen-bond acceptors (Lipinski definition) is 5. The first-order chi connectivity index (χ1) is 15.9. The maximum atomic E-state index is 13.3. The van der Waals surface area contributed by atoms with Crippen molar-refractivity contribution in [2.45, 2.75) is 12.8 Å². The number of carbonyl (C=O) groups is 3. The van der Waals surface area contributed by atoms with Crippen LogP contribution in [0.3, 0.4) is 0 Å². The molecule has 3 aromatic carbocycles. The van der Waals surface area contributed by atoms with E-state index in [2.05, 4.69) is 5.32 Å². The Kier molecular flexibility index (Phi) is 7.86. The predicted molar refractivity (Wildman–Crippen MR) is 117 cm³/mol. The standard InChI is InChI=1S/C25H21F2NO5/c1-32-18-10-6-16(7-11-18)8-13-24(30)28-22-5-3-2-4-19(22)25(31)33-15-23(29)17-9-12-20(26)21(27)14-17/h2-7,9-12,14H,8,13,15H2,1H3,(H,28,30). The summed E-state index contributed by atoms with van der Waals surface area (Å²) >= 11 is 0. The third-order valence-electron chi connectivity index (χ3n) is 4.80. The number of amides is 1. The van der Waals surface area contributed by atoms with Crippen LogP contribution in [0.4, 0.5) is 14.5 Å². The first-order valence-corrected chi connectivity index (χ1v) is 10.0. The molecule has 6 nitrogen and oxygen atoms in total. The van der Waals surface area contributed by atoms with E-state index in [1.54, 1.807) is 37.4 Å². The fourth-order valence-corrected chi connectivity index (χ4v) is 2.99. The van der Waals surface area contributed by atoms with E-state index in [9.17, 15) is 23.2 Å². The van der Waals surface area contributed by atoms with Crippen LogP contribution < -0.4 is 10.1 Å². The molecule has 0 heterocycles. The fraction of sp³-hybridized carbons (Fsp3) is 0.160. The van der Waals surface area contributed by atoms with Crippen molar-refractivity contribution in [3.05, 3.63) is 95.1 Å². The molecule has 0 saturated carbocycles. The van der Waals surface area contributed by atoms with Crippen LogP contribution in [0, 0.1) is 11.6 Å². The number of halogens is 2. The van der Waals surface area contributed by atoms with Crippen molar-refractivity contribution in [2.75, 3.05) is 19.0 Å². The van der Waals surface area contributed by atoms with E-state index in [0.717, 1.165) is 29.5 Å². The molecule has 0 bridgehead atoms. The van der Waals surface area contributed by atoms with Gasteiger partial charge in [-0.05, 0) is 54.4 Å². The summed E-state index contributed by atoms with van der Waals surface area (Å²) in [5, 5.41) is 2.68. The van der Waals surface area contributed by atoms with E-state index in [4.69, 9.17) is 9.47 Å². The van der Waals surface area contributed by atoms with Gasteiger partial charge in [0.25, 0.3) is 0 Å². The number of benzene rings is 3. The molecule has 0 atom stereocenters. The SMILES string of the molecule is COc1ccc(CCC(=O)Nc2ccccc2C(=O)OCC(=O)c2ccc(F)c(F)c2)cc1. The molecular weight excluding hydrogens is 432 g/mol. The molecule has 8 heteroatoms. The van der Waals surface area contributed by atoms with Crippen molar-refractivity contribution >= 4 is 23.3 Å². The van der Waals surface area contributed by atoms with Crippen LogP contribution in [0.2, 0.25) is 0 Å². The molecule has 0 aliphatic heterocycles. The van der Waals surface area contributed by atoms with Crippen molar-refractivity contribution in [3.8, 4) is 5.75 Å². The number of para-hydroxylation sites is 1. The molecule has 0 radical (unpaired) electrons. The summed E-state index contributed by atoms with van der Waals surface area (Å²) < 4.78 is 36.4. The summed E-state index contributed by atoms with van der Waals surface area (Å²) in [5.74, 6) is -3.36. The molecule has 0 aliphatic rings. The van der Waals surface area contributed by atoms with Gasteiger partial charge in [-0.2, -0.15) is 0 Å². The number of anilines is 1. The number of ether oxygens (including phenoxy) is 2. The number of Topliss-reactive ketones (excluding diaryl/α,β-unsaturated/α-hetero) is 1. The highest BCUT2D eigenvalue weighted by molar-refractivity contribution is 6.03. The largest absolute Gasteiger partial charge is 0.497 e. The summed E-state index contributed by atoms with van der Waals surface area (Å²) in [6.07, 6.45) is 0.676. The third kappa shape index (κ3) is 6.46. The molecule has 0 aliphatic carbocycles. The van der Waals surface area contributed by atoms with Gasteiger partial charge in [0, 0.05) is 12.0 Å². The Morgan fingerprint density at radius 3 is 2.33 bits per heavy atom. The average molecular weight is 453 g/mol. The second-order valence-corrected chi connectivity index (χ2v) is 7.07. The molecule has 0 spiro atoms. The van der Waals surface area contributed by atoms with Gasteiger partial charge in [-0.3, -0.25) is 9.59 Å². The van der Waals surface area contributed by atoms with Crippen LogP contribution in [-0.4, -0.2) is 31.4 Å². The van der Waals surface area contributed by atoms with Gasteiger partial charge in [-0.15, -0.1) is 0 Å². The number of ketones is 1. The second-order valence-electron chi connectivity index (χ2n) is 7.07. The highest BCUT2D eigenvalue weighted by Crippen LogP contribution is 2.18. The summed E-state index contributed by atoms with van der Waals surface area (Å²) in [6, 6.07) is 16.2. The highest BCUT2D eigenvalue weighted by Gasteiger charge is 2.17. The lowest BCUT2D eigenvalue weighted by molar-refractivity contribution is -0.116. The molecule has 0 saturated heterocycles. The minimum atomic E-state index is -1.17. The third-order valence-corrected chi connectivity index (χ3v) is 4.80. The van der Waals surface area contributed by atoms with Gasteiger partial charge in [-0.25, -0.2) is 13.6 Å². The van der Waals surface area contributed by atoms with Gasteiger partial charge in [0.1, 0.15) is 5.75 Å². The molecule has 3 rings (SSSR count). The lowest BCUT2D eigenvalue weighted by atomic mass is 10.1. The van der Waals surface area contributed by atoms with Gasteiger partial charge in [0.15, 0.2) is 24.0 Å². The summed E-state index contributed by atoms with van der Waals surface area (Å²) in [5.41, 5.74) is 1.13. The highest BCUT2D eigenvalue weighted by atomic mass is 19.2. The molecule has 0 unspecified atom stereocenters. The molecule has 1 amide bonds. The first kappa shape index (κ1) is 23.6. The van der Waals surface area contributed by atoms with E-state index in [-0.39, 0.29) is 29.1 Å². The number of methoxy groups -OCH3 is 1. The van der Waals surface area contributed by atoms with Gasteiger partial charge in [-0.1, -0.05) is 24.3 Å². The Bertz CT molecular complexity index is 1160. The Balaban J connectivity index is 1.58. The van der Waals surface area contributed by atoms with E-state index in [0.29, 0.717) is 6.42 Å². The number of carbonyl (C=O) groups excluding carboxylic acids is 3. The summed E-state index contributed by atoms with van der Waals surface area (Å²) in [7, 11) is 1.57. The minimum Gasteiger partial charge on any atom is -0.497 e. The van der Waals surface area contributed by atoms with Gasteiger partial charge in [0.2, 0.25) is 5.91 Å². The lowest BCUT2D eigenvalue weighted by Gasteiger charge is -2.11. The predicted octanol–water partition coefficient (Wildman–Crippen LogP) is 4.58. The molecule has 33 heavy (non-hydrogen) atoms. The van der Waals surface area contributed by atoms with E-state index >= 15 is 0 Å². The Labute approximate surface area is 189 Å². The normalized spacial score (nSPS) is 10.4. The average Bonchev–Trinajstić information content (AvgIpc) is 2.83. The van der Waals surface area contributed by atoms with Crippen LogP contribution in [0.25, 0.3) is 0 Å². The monoisotopic (exact) mass is 453 g/mol. The number of aryl methyl sites for hydroxylation is 1. The Morgan fingerprint density at radius 1 is 0.909 bits per heavy atom. The fourth-order valence-electron chi connectivity index (χ4n) is 2.99. The number of nitrogens with one attached hydrogen (secondary N) is 1. The van der Waals surface area contributed by atoms with E-state index < -0.39 is 30.0 Å². The molecule has 0 aromatic heterocycles. The minimum absolute atomic E-state index is 0.0633. The van der Waals surface area contributed by atoms with Gasteiger partial charge in [0.05, 0.1) is 18.4 Å². The van der Waals surface area contributed by atoms with Crippen molar-refractivity contribution in [1.82, 2.24) is 0 Å². The Morgan fingerprint density at radius 2 is 1.64 bits per heavy atom. The number of esters is 1.